The Labute approximate surface area is 161 Å². The summed E-state index contributed by atoms with van der Waals surface area (Å²) < 4.78 is 1.28. The molecule has 3 rings (SSSR count). The van der Waals surface area contributed by atoms with Crippen LogP contribution in [-0.4, -0.2) is 36.6 Å². The number of thiazole rings is 1. The van der Waals surface area contributed by atoms with Gasteiger partial charge < -0.3 is 10.2 Å². The standard InChI is InChI=1S/C21H31N3OS/c1-15(2)8-9-16(3)22-20(25)14-24-12-10-17(11-13-24)21-23-18-6-4-5-7-19(18)26-21/h4-7,15-17H,8-14H2,1-3H3,(H,22,25)/p+1/t16-/m1/s1. The summed E-state index contributed by atoms with van der Waals surface area (Å²) in [5.41, 5.74) is 1.12. The molecular weight excluding hydrogens is 342 g/mol. The Balaban J connectivity index is 1.44. The molecule has 5 heteroatoms. The molecule has 2 heterocycles. The molecule has 0 spiro atoms. The van der Waals surface area contributed by atoms with Crippen LogP contribution in [0.15, 0.2) is 24.3 Å². The number of nitrogens with zero attached hydrogens (tertiary/aromatic N) is 1. The van der Waals surface area contributed by atoms with Crippen LogP contribution in [0.25, 0.3) is 10.2 Å². The fourth-order valence-corrected chi connectivity index (χ4v) is 4.86. The molecule has 26 heavy (non-hydrogen) atoms. The number of carbonyl (C=O) groups is 1. The van der Waals surface area contributed by atoms with Gasteiger partial charge in [-0.1, -0.05) is 26.0 Å². The van der Waals surface area contributed by atoms with Crippen LogP contribution in [0.1, 0.15) is 57.4 Å². The van der Waals surface area contributed by atoms with E-state index in [9.17, 15) is 4.79 Å². The molecule has 2 N–H and O–H groups in total. The van der Waals surface area contributed by atoms with E-state index < -0.39 is 0 Å². The van der Waals surface area contributed by atoms with Crippen molar-refractivity contribution in [3.8, 4) is 0 Å². The Morgan fingerprint density at radius 2 is 1.96 bits per heavy atom. The zero-order valence-electron chi connectivity index (χ0n) is 16.3. The van der Waals surface area contributed by atoms with E-state index in [1.807, 2.05) is 11.3 Å². The van der Waals surface area contributed by atoms with Gasteiger partial charge in [0, 0.05) is 24.8 Å². The monoisotopic (exact) mass is 374 g/mol. The Morgan fingerprint density at radius 3 is 2.65 bits per heavy atom. The van der Waals surface area contributed by atoms with Gasteiger partial charge in [0.05, 0.1) is 28.3 Å². The van der Waals surface area contributed by atoms with Crippen LogP contribution in [-0.2, 0) is 4.79 Å². The lowest BCUT2D eigenvalue weighted by atomic mass is 9.97. The van der Waals surface area contributed by atoms with E-state index in [0.29, 0.717) is 18.4 Å². The maximum atomic E-state index is 12.3. The summed E-state index contributed by atoms with van der Waals surface area (Å²) in [5, 5.41) is 4.45. The predicted octanol–water partition coefficient (Wildman–Crippen LogP) is 3.00. The summed E-state index contributed by atoms with van der Waals surface area (Å²) in [4.78, 5) is 18.5. The number of amides is 1. The highest BCUT2D eigenvalue weighted by Gasteiger charge is 2.27. The largest absolute Gasteiger partial charge is 0.349 e. The third-order valence-electron chi connectivity index (χ3n) is 5.35. The molecule has 1 aromatic heterocycles. The number of rotatable bonds is 7. The van der Waals surface area contributed by atoms with E-state index in [2.05, 4.69) is 50.4 Å². The summed E-state index contributed by atoms with van der Waals surface area (Å²) in [5.74, 6) is 1.46. The quantitative estimate of drug-likeness (QED) is 0.783. The number of para-hydroxylation sites is 1. The molecule has 4 nitrogen and oxygen atoms in total. The summed E-state index contributed by atoms with van der Waals surface area (Å²) in [6.45, 7) is 9.32. The zero-order chi connectivity index (χ0) is 18.5. The number of carbonyl (C=O) groups excluding carboxylic acids is 1. The second-order valence-corrected chi connectivity index (χ2v) is 9.22. The van der Waals surface area contributed by atoms with Gasteiger partial charge in [-0.25, -0.2) is 4.98 Å². The summed E-state index contributed by atoms with van der Waals surface area (Å²) in [7, 11) is 0. The lowest BCUT2D eigenvalue weighted by molar-refractivity contribution is -0.897. The highest BCUT2D eigenvalue weighted by atomic mass is 32.1. The van der Waals surface area contributed by atoms with Gasteiger partial charge in [-0.05, 0) is 37.8 Å². The third kappa shape index (κ3) is 5.27. The van der Waals surface area contributed by atoms with Crippen LogP contribution in [0.5, 0.6) is 0 Å². The van der Waals surface area contributed by atoms with Crippen molar-refractivity contribution in [2.75, 3.05) is 19.6 Å². The zero-order valence-corrected chi connectivity index (χ0v) is 17.1. The van der Waals surface area contributed by atoms with Gasteiger partial charge in [-0.3, -0.25) is 4.79 Å². The maximum Gasteiger partial charge on any atom is 0.275 e. The third-order valence-corrected chi connectivity index (χ3v) is 6.55. The van der Waals surface area contributed by atoms with Crippen LogP contribution in [0, 0.1) is 5.92 Å². The number of fused-ring (bicyclic) bond motifs is 1. The van der Waals surface area contributed by atoms with Crippen LogP contribution in [0.3, 0.4) is 0 Å². The van der Waals surface area contributed by atoms with Crippen molar-refractivity contribution in [3.63, 3.8) is 0 Å². The van der Waals surface area contributed by atoms with Crippen LogP contribution < -0.4 is 10.2 Å². The van der Waals surface area contributed by atoms with Gasteiger partial charge in [0.15, 0.2) is 6.54 Å². The van der Waals surface area contributed by atoms with Gasteiger partial charge in [0.1, 0.15) is 0 Å². The van der Waals surface area contributed by atoms with Gasteiger partial charge >= 0.3 is 0 Å². The molecule has 1 amide bonds. The Bertz CT molecular complexity index is 686. The molecule has 1 fully saturated rings. The number of likely N-dealkylation sites (tertiary alicyclic amines) is 1. The fraction of sp³-hybridized carbons (Fsp3) is 0.619. The fourth-order valence-electron chi connectivity index (χ4n) is 3.72. The van der Waals surface area contributed by atoms with Crippen molar-refractivity contribution in [1.29, 1.82) is 0 Å². The van der Waals surface area contributed by atoms with E-state index in [1.54, 1.807) is 0 Å². The van der Waals surface area contributed by atoms with E-state index in [0.717, 1.165) is 37.9 Å². The number of aromatic nitrogens is 1. The molecule has 1 aromatic carbocycles. The lowest BCUT2D eigenvalue weighted by Crippen LogP contribution is -3.14. The minimum atomic E-state index is 0.203. The van der Waals surface area contributed by atoms with E-state index >= 15 is 0 Å². The summed E-state index contributed by atoms with van der Waals surface area (Å²) in [6, 6.07) is 8.67. The number of piperidine rings is 1. The number of benzene rings is 1. The molecule has 0 radical (unpaired) electrons. The predicted molar refractivity (Wildman–Crippen MR) is 109 cm³/mol. The van der Waals surface area contributed by atoms with Crippen molar-refractivity contribution in [1.82, 2.24) is 10.3 Å². The van der Waals surface area contributed by atoms with Crippen molar-refractivity contribution in [2.24, 2.45) is 5.92 Å². The average molecular weight is 375 g/mol. The van der Waals surface area contributed by atoms with Crippen LogP contribution >= 0.6 is 11.3 Å². The van der Waals surface area contributed by atoms with Crippen molar-refractivity contribution in [2.45, 2.75) is 58.4 Å². The topological polar surface area (TPSA) is 46.4 Å². The minimum Gasteiger partial charge on any atom is -0.349 e. The molecule has 1 aliphatic rings. The molecule has 1 aliphatic heterocycles. The molecule has 1 atom stereocenters. The van der Waals surface area contributed by atoms with Crippen molar-refractivity contribution < 1.29 is 9.69 Å². The SMILES string of the molecule is CC(C)CC[C@@H](C)NC(=O)C[NH+]1CCC(c2nc3ccccc3s2)CC1. The molecule has 0 saturated carbocycles. The second kappa shape index (κ2) is 8.96. The van der Waals surface area contributed by atoms with E-state index in [-0.39, 0.29) is 11.9 Å². The number of hydrogen-bond acceptors (Lipinski definition) is 3. The molecule has 1 saturated heterocycles. The first-order valence-electron chi connectivity index (χ1n) is 9.99. The van der Waals surface area contributed by atoms with Crippen molar-refractivity contribution >= 4 is 27.5 Å². The normalized spacial score (nSPS) is 21.8. The lowest BCUT2D eigenvalue weighted by Gasteiger charge is -2.28. The van der Waals surface area contributed by atoms with Gasteiger partial charge in [0.2, 0.25) is 0 Å². The highest BCUT2D eigenvalue weighted by molar-refractivity contribution is 7.18. The Morgan fingerprint density at radius 1 is 1.23 bits per heavy atom. The smallest absolute Gasteiger partial charge is 0.275 e. The first kappa shape index (κ1) is 19.3. The molecule has 0 bridgehead atoms. The summed E-state index contributed by atoms with van der Waals surface area (Å²) >= 11 is 1.84. The molecule has 2 aromatic rings. The molecular formula is C21H32N3OS+. The van der Waals surface area contributed by atoms with Crippen LogP contribution in [0.2, 0.25) is 0 Å². The Hall–Kier alpha value is -1.46. The second-order valence-electron chi connectivity index (χ2n) is 8.16. The van der Waals surface area contributed by atoms with E-state index in [4.69, 9.17) is 4.98 Å². The number of nitrogens with one attached hydrogen (secondary N) is 2. The maximum absolute atomic E-state index is 12.3. The summed E-state index contributed by atoms with van der Waals surface area (Å²) in [6.07, 6.45) is 4.50. The van der Waals surface area contributed by atoms with E-state index in [1.165, 1.54) is 21.0 Å². The number of hydrogen-bond donors (Lipinski definition) is 2. The molecule has 142 valence electrons. The Kier molecular flexibility index (Phi) is 6.65. The van der Waals surface area contributed by atoms with Gasteiger partial charge in [-0.2, -0.15) is 0 Å². The molecule has 0 aliphatic carbocycles. The first-order chi connectivity index (χ1) is 12.5. The highest BCUT2D eigenvalue weighted by Crippen LogP contribution is 2.31. The minimum absolute atomic E-state index is 0.203. The first-order valence-corrected chi connectivity index (χ1v) is 10.8. The van der Waals surface area contributed by atoms with Gasteiger partial charge in [0.25, 0.3) is 5.91 Å². The van der Waals surface area contributed by atoms with Crippen LogP contribution in [0.4, 0.5) is 0 Å². The average Bonchev–Trinajstić information content (AvgIpc) is 3.04. The molecule has 0 unspecified atom stereocenters. The van der Waals surface area contributed by atoms with Crippen molar-refractivity contribution in [3.05, 3.63) is 29.3 Å². The van der Waals surface area contributed by atoms with Gasteiger partial charge in [-0.15, -0.1) is 11.3 Å². The number of quaternary nitrogens is 1.